The van der Waals surface area contributed by atoms with Gasteiger partial charge in [-0.3, -0.25) is 4.79 Å². The minimum Gasteiger partial charge on any atom is -0.493 e. The maximum Gasteiger partial charge on any atom is 0.262 e. The van der Waals surface area contributed by atoms with Gasteiger partial charge in [0.25, 0.3) is 5.91 Å². The zero-order chi connectivity index (χ0) is 22.9. The Bertz CT molecular complexity index is 1140. The van der Waals surface area contributed by atoms with Crippen LogP contribution in [-0.4, -0.2) is 13.0 Å². The van der Waals surface area contributed by atoms with Gasteiger partial charge >= 0.3 is 0 Å². The van der Waals surface area contributed by atoms with Crippen LogP contribution in [0.1, 0.15) is 29.7 Å². The molecule has 5 nitrogen and oxygen atoms in total. The minimum atomic E-state index is -0.469. The lowest BCUT2D eigenvalue weighted by Gasteiger charge is -2.15. The Hall–Kier alpha value is -3.75. The second-order valence-corrected chi connectivity index (χ2v) is 7.49. The van der Waals surface area contributed by atoms with Crippen molar-refractivity contribution in [1.82, 2.24) is 5.32 Å². The molecule has 0 aromatic heterocycles. The summed E-state index contributed by atoms with van der Waals surface area (Å²) in [5.74, 6) is 0.342. The number of ether oxygens (including phenoxy) is 2. The summed E-state index contributed by atoms with van der Waals surface area (Å²) in [5, 5.41) is 12.7. The van der Waals surface area contributed by atoms with Gasteiger partial charge in [0.2, 0.25) is 0 Å². The summed E-state index contributed by atoms with van der Waals surface area (Å²) in [5.41, 5.74) is 2.45. The van der Waals surface area contributed by atoms with Crippen LogP contribution in [0.15, 0.2) is 78.4 Å². The smallest absolute Gasteiger partial charge is 0.262 e. The summed E-state index contributed by atoms with van der Waals surface area (Å²) in [6.07, 6.45) is 1.47. The Morgan fingerprint density at radius 1 is 1.12 bits per heavy atom. The zero-order valence-corrected chi connectivity index (χ0v) is 18.6. The Morgan fingerprint density at radius 3 is 2.41 bits per heavy atom. The molecule has 0 spiro atoms. The van der Waals surface area contributed by atoms with Crippen LogP contribution >= 0.6 is 11.6 Å². The number of carbonyl (C=O) groups excluding carboxylic acids is 1. The van der Waals surface area contributed by atoms with E-state index >= 15 is 0 Å². The number of amides is 1. The first-order valence-corrected chi connectivity index (χ1v) is 10.4. The van der Waals surface area contributed by atoms with E-state index in [2.05, 4.69) is 5.32 Å². The highest BCUT2D eigenvalue weighted by Gasteiger charge is 2.16. The Balaban J connectivity index is 1.79. The molecule has 0 aliphatic carbocycles. The highest BCUT2D eigenvalue weighted by molar-refractivity contribution is 6.32. The van der Waals surface area contributed by atoms with E-state index in [1.54, 1.807) is 12.1 Å². The van der Waals surface area contributed by atoms with Crippen LogP contribution in [-0.2, 0) is 11.4 Å². The quantitative estimate of drug-likeness (QED) is 0.355. The highest BCUT2D eigenvalue weighted by Crippen LogP contribution is 2.37. The Labute approximate surface area is 192 Å². The number of nitrogens with zero attached hydrogens (tertiary/aromatic N) is 1. The first-order chi connectivity index (χ1) is 15.5. The lowest BCUT2D eigenvalue weighted by Crippen LogP contribution is -2.27. The SMILES string of the molecule is COc1cc(/C=C(/C#N)C(=O)N[C@@H](C)c2ccccc2)cc(Cl)c1OCc1ccccc1. The highest BCUT2D eigenvalue weighted by atomic mass is 35.5. The predicted octanol–water partition coefficient (Wildman–Crippen LogP) is 5.71. The van der Waals surface area contributed by atoms with Gasteiger partial charge in [0.15, 0.2) is 11.5 Å². The molecule has 1 atom stereocenters. The molecular formula is C26H23ClN2O3. The van der Waals surface area contributed by atoms with Gasteiger partial charge in [-0.1, -0.05) is 72.3 Å². The molecule has 1 N–H and O–H groups in total. The number of methoxy groups -OCH3 is 1. The van der Waals surface area contributed by atoms with Gasteiger partial charge in [-0.15, -0.1) is 0 Å². The van der Waals surface area contributed by atoms with Crippen molar-refractivity contribution in [1.29, 1.82) is 5.26 Å². The minimum absolute atomic E-state index is 0.0381. The molecule has 162 valence electrons. The van der Waals surface area contributed by atoms with E-state index in [1.165, 1.54) is 13.2 Å². The second-order valence-electron chi connectivity index (χ2n) is 7.08. The molecule has 32 heavy (non-hydrogen) atoms. The molecule has 0 bridgehead atoms. The number of carbonyl (C=O) groups is 1. The van der Waals surface area contributed by atoms with Gasteiger partial charge in [-0.05, 0) is 41.8 Å². The standard InChI is InChI=1S/C26H23ClN2O3/c1-18(21-11-7-4-8-12-21)29-26(30)22(16-28)13-20-14-23(27)25(24(15-20)31-2)32-17-19-9-5-3-6-10-19/h3-15,18H,17H2,1-2H3,(H,29,30)/b22-13-/t18-/m0/s1. The summed E-state index contributed by atoms with van der Waals surface area (Å²) in [4.78, 5) is 12.6. The van der Waals surface area contributed by atoms with Gasteiger partial charge < -0.3 is 14.8 Å². The molecule has 0 radical (unpaired) electrons. The fraction of sp³-hybridized carbons (Fsp3) is 0.154. The van der Waals surface area contributed by atoms with E-state index in [4.69, 9.17) is 21.1 Å². The summed E-state index contributed by atoms with van der Waals surface area (Å²) in [6, 6.07) is 24.3. The van der Waals surface area contributed by atoms with E-state index < -0.39 is 5.91 Å². The molecule has 3 rings (SSSR count). The van der Waals surface area contributed by atoms with Crippen molar-refractivity contribution in [2.45, 2.75) is 19.6 Å². The van der Waals surface area contributed by atoms with Gasteiger partial charge in [0.1, 0.15) is 18.2 Å². The van der Waals surface area contributed by atoms with Gasteiger partial charge in [-0.25, -0.2) is 0 Å². The molecule has 0 unspecified atom stereocenters. The lowest BCUT2D eigenvalue weighted by molar-refractivity contribution is -0.117. The molecular weight excluding hydrogens is 424 g/mol. The number of rotatable bonds is 8. The van der Waals surface area contributed by atoms with Gasteiger partial charge in [0, 0.05) is 0 Å². The number of nitriles is 1. The van der Waals surface area contributed by atoms with Crippen molar-refractivity contribution in [3.8, 4) is 17.6 Å². The third kappa shape index (κ3) is 5.90. The van der Waals surface area contributed by atoms with Crippen LogP contribution in [0.2, 0.25) is 5.02 Å². The predicted molar refractivity (Wildman–Crippen MR) is 125 cm³/mol. The van der Waals surface area contributed by atoms with Crippen molar-refractivity contribution in [2.24, 2.45) is 0 Å². The van der Waals surface area contributed by atoms with Crippen LogP contribution in [0, 0.1) is 11.3 Å². The van der Waals surface area contributed by atoms with E-state index in [-0.39, 0.29) is 11.6 Å². The first-order valence-electron chi connectivity index (χ1n) is 10.0. The summed E-state index contributed by atoms with van der Waals surface area (Å²) < 4.78 is 11.3. The maximum absolute atomic E-state index is 12.6. The molecule has 0 saturated carbocycles. The molecule has 0 aliphatic rings. The zero-order valence-electron chi connectivity index (χ0n) is 17.8. The average molecular weight is 447 g/mol. The molecule has 0 saturated heterocycles. The summed E-state index contributed by atoms with van der Waals surface area (Å²) in [7, 11) is 1.51. The largest absolute Gasteiger partial charge is 0.493 e. The van der Waals surface area contributed by atoms with Crippen molar-refractivity contribution in [2.75, 3.05) is 7.11 Å². The third-order valence-corrected chi connectivity index (χ3v) is 5.08. The fourth-order valence-corrected chi connectivity index (χ4v) is 3.38. The number of hydrogen-bond acceptors (Lipinski definition) is 4. The molecule has 0 heterocycles. The molecule has 0 aliphatic heterocycles. The topological polar surface area (TPSA) is 71.3 Å². The van der Waals surface area contributed by atoms with Crippen molar-refractivity contribution in [3.05, 3.63) is 100 Å². The Morgan fingerprint density at radius 2 is 1.78 bits per heavy atom. The van der Waals surface area contributed by atoms with E-state index in [0.29, 0.717) is 28.7 Å². The number of halogens is 1. The number of nitrogens with one attached hydrogen (secondary N) is 1. The second kappa shape index (κ2) is 11.0. The van der Waals surface area contributed by atoms with E-state index in [9.17, 15) is 10.1 Å². The number of hydrogen-bond donors (Lipinski definition) is 1. The Kier molecular flexibility index (Phi) is 7.91. The van der Waals surface area contributed by atoms with E-state index in [0.717, 1.165) is 11.1 Å². The van der Waals surface area contributed by atoms with Crippen LogP contribution in [0.4, 0.5) is 0 Å². The molecule has 0 fully saturated rings. The average Bonchev–Trinajstić information content (AvgIpc) is 2.82. The molecule has 6 heteroatoms. The van der Waals surface area contributed by atoms with Crippen molar-refractivity contribution >= 4 is 23.6 Å². The van der Waals surface area contributed by atoms with Crippen LogP contribution in [0.25, 0.3) is 6.08 Å². The molecule has 3 aromatic carbocycles. The van der Waals surface area contributed by atoms with Crippen LogP contribution < -0.4 is 14.8 Å². The molecule has 3 aromatic rings. The number of benzene rings is 3. The summed E-state index contributed by atoms with van der Waals surface area (Å²) in [6.45, 7) is 2.19. The fourth-order valence-electron chi connectivity index (χ4n) is 3.11. The molecule has 1 amide bonds. The monoisotopic (exact) mass is 446 g/mol. The van der Waals surface area contributed by atoms with Crippen molar-refractivity contribution in [3.63, 3.8) is 0 Å². The van der Waals surface area contributed by atoms with Crippen LogP contribution in [0.5, 0.6) is 11.5 Å². The van der Waals surface area contributed by atoms with Gasteiger partial charge in [-0.2, -0.15) is 5.26 Å². The lowest BCUT2D eigenvalue weighted by atomic mass is 10.1. The van der Waals surface area contributed by atoms with E-state index in [1.807, 2.05) is 73.7 Å². The first kappa shape index (κ1) is 22.9. The van der Waals surface area contributed by atoms with Crippen LogP contribution in [0.3, 0.4) is 0 Å². The third-order valence-electron chi connectivity index (χ3n) is 4.80. The van der Waals surface area contributed by atoms with Crippen molar-refractivity contribution < 1.29 is 14.3 Å². The van der Waals surface area contributed by atoms with Gasteiger partial charge in [0.05, 0.1) is 18.2 Å². The summed E-state index contributed by atoms with van der Waals surface area (Å²) >= 11 is 6.43. The normalized spacial score (nSPS) is 11.9. The maximum atomic E-state index is 12.6.